The number of hydrogen-bond acceptors (Lipinski definition) is 4. The van der Waals surface area contributed by atoms with Crippen molar-refractivity contribution < 1.29 is 18.3 Å². The van der Waals surface area contributed by atoms with Crippen LogP contribution >= 0.6 is 11.3 Å². The van der Waals surface area contributed by atoms with Crippen LogP contribution in [-0.2, 0) is 10.0 Å². The Labute approximate surface area is 108 Å². The van der Waals surface area contributed by atoms with Crippen LogP contribution in [0.4, 0.5) is 0 Å². The molecule has 1 aromatic heterocycles. The minimum atomic E-state index is -3.76. The van der Waals surface area contributed by atoms with Gasteiger partial charge in [0.15, 0.2) is 0 Å². The molecule has 0 spiro atoms. The van der Waals surface area contributed by atoms with E-state index in [-0.39, 0.29) is 9.77 Å². The predicted octanol–water partition coefficient (Wildman–Crippen LogP) is 1.76. The minimum Gasteiger partial charge on any atom is -0.478 e. The fourth-order valence-corrected chi connectivity index (χ4v) is 3.36. The SMILES string of the molecule is NS(=O)(=O)c1sccc1-c1ccc(C(=O)O)cc1. The van der Waals surface area contributed by atoms with Crippen molar-refractivity contribution in [3.8, 4) is 11.1 Å². The smallest absolute Gasteiger partial charge is 0.335 e. The summed E-state index contributed by atoms with van der Waals surface area (Å²) >= 11 is 1.03. The highest BCUT2D eigenvalue weighted by Gasteiger charge is 2.17. The zero-order valence-corrected chi connectivity index (χ0v) is 10.7. The Morgan fingerprint density at radius 3 is 2.28 bits per heavy atom. The van der Waals surface area contributed by atoms with Crippen LogP contribution in [0.1, 0.15) is 10.4 Å². The molecule has 0 radical (unpaired) electrons. The van der Waals surface area contributed by atoms with Crippen molar-refractivity contribution in [2.75, 3.05) is 0 Å². The predicted molar refractivity (Wildman–Crippen MR) is 68.1 cm³/mol. The number of thiophene rings is 1. The van der Waals surface area contributed by atoms with Gasteiger partial charge < -0.3 is 5.11 Å². The molecule has 0 saturated carbocycles. The third kappa shape index (κ3) is 2.42. The van der Waals surface area contributed by atoms with Crippen LogP contribution in [0.5, 0.6) is 0 Å². The van der Waals surface area contributed by atoms with Crippen LogP contribution in [-0.4, -0.2) is 19.5 Å². The fourth-order valence-electron chi connectivity index (χ4n) is 1.52. The second-order valence-corrected chi connectivity index (χ2v) is 6.22. The zero-order valence-electron chi connectivity index (χ0n) is 9.03. The highest BCUT2D eigenvalue weighted by molar-refractivity contribution is 7.91. The second-order valence-electron chi connectivity index (χ2n) is 3.55. The van der Waals surface area contributed by atoms with Crippen LogP contribution in [0.3, 0.4) is 0 Å². The number of carboxylic acid groups (broad SMARTS) is 1. The monoisotopic (exact) mass is 283 g/mol. The van der Waals surface area contributed by atoms with E-state index in [2.05, 4.69) is 0 Å². The van der Waals surface area contributed by atoms with E-state index in [1.807, 2.05) is 0 Å². The van der Waals surface area contributed by atoms with Crippen molar-refractivity contribution in [3.05, 3.63) is 41.3 Å². The van der Waals surface area contributed by atoms with Crippen LogP contribution in [0, 0.1) is 0 Å². The van der Waals surface area contributed by atoms with Crippen LogP contribution < -0.4 is 5.14 Å². The molecule has 0 saturated heterocycles. The van der Waals surface area contributed by atoms with Gasteiger partial charge in [-0.2, -0.15) is 0 Å². The van der Waals surface area contributed by atoms with E-state index in [4.69, 9.17) is 10.2 Å². The number of sulfonamides is 1. The highest BCUT2D eigenvalue weighted by Crippen LogP contribution is 2.31. The number of hydrogen-bond donors (Lipinski definition) is 2. The molecular formula is C11H9NO4S2. The molecule has 1 heterocycles. The Kier molecular flexibility index (Phi) is 3.20. The maximum atomic E-state index is 11.4. The maximum Gasteiger partial charge on any atom is 0.335 e. The Hall–Kier alpha value is -1.70. The van der Waals surface area contributed by atoms with Crippen LogP contribution in [0.2, 0.25) is 0 Å². The number of rotatable bonds is 3. The van der Waals surface area contributed by atoms with Gasteiger partial charge in [-0.15, -0.1) is 11.3 Å². The molecule has 0 aliphatic carbocycles. The fraction of sp³-hybridized carbons (Fsp3) is 0. The van der Waals surface area contributed by atoms with E-state index >= 15 is 0 Å². The van der Waals surface area contributed by atoms with Gasteiger partial charge in [0.1, 0.15) is 4.21 Å². The largest absolute Gasteiger partial charge is 0.478 e. The molecule has 0 amide bonds. The first-order valence-corrected chi connectivity index (χ1v) is 7.26. The van der Waals surface area contributed by atoms with Crippen LogP contribution in [0.25, 0.3) is 11.1 Å². The molecule has 5 nitrogen and oxygen atoms in total. The molecule has 0 aliphatic rings. The number of carboxylic acids is 1. The van der Waals surface area contributed by atoms with Gasteiger partial charge in [-0.25, -0.2) is 18.4 Å². The highest BCUT2D eigenvalue weighted by atomic mass is 32.2. The molecule has 2 rings (SSSR count). The summed E-state index contributed by atoms with van der Waals surface area (Å²) in [5.74, 6) is -1.03. The van der Waals surface area contributed by atoms with Crippen molar-refractivity contribution in [2.24, 2.45) is 5.14 Å². The Balaban J connectivity index is 2.50. The summed E-state index contributed by atoms with van der Waals surface area (Å²) in [4.78, 5) is 10.7. The van der Waals surface area contributed by atoms with Crippen molar-refractivity contribution in [1.82, 2.24) is 0 Å². The zero-order chi connectivity index (χ0) is 13.3. The summed E-state index contributed by atoms with van der Waals surface area (Å²) in [7, 11) is -3.76. The molecule has 2 aromatic rings. The summed E-state index contributed by atoms with van der Waals surface area (Å²) in [6.45, 7) is 0. The summed E-state index contributed by atoms with van der Waals surface area (Å²) in [6.07, 6.45) is 0. The van der Waals surface area contributed by atoms with Gasteiger partial charge in [-0.05, 0) is 29.1 Å². The van der Waals surface area contributed by atoms with Gasteiger partial charge in [0.25, 0.3) is 0 Å². The molecule has 3 N–H and O–H groups in total. The van der Waals surface area contributed by atoms with Crippen molar-refractivity contribution in [2.45, 2.75) is 4.21 Å². The average molecular weight is 283 g/mol. The second kappa shape index (κ2) is 4.52. The van der Waals surface area contributed by atoms with Crippen LogP contribution in [0.15, 0.2) is 39.9 Å². The van der Waals surface area contributed by atoms with E-state index in [0.29, 0.717) is 11.1 Å². The molecule has 0 bridgehead atoms. The Morgan fingerprint density at radius 2 is 1.78 bits per heavy atom. The lowest BCUT2D eigenvalue weighted by atomic mass is 10.1. The van der Waals surface area contributed by atoms with Crippen molar-refractivity contribution in [1.29, 1.82) is 0 Å². The maximum absolute atomic E-state index is 11.4. The van der Waals surface area contributed by atoms with E-state index < -0.39 is 16.0 Å². The number of carbonyl (C=O) groups is 1. The number of primary sulfonamides is 1. The lowest BCUT2D eigenvalue weighted by Gasteiger charge is -2.02. The number of benzene rings is 1. The third-order valence-electron chi connectivity index (χ3n) is 2.33. The lowest BCUT2D eigenvalue weighted by Crippen LogP contribution is -2.11. The molecule has 0 aliphatic heterocycles. The normalized spacial score (nSPS) is 11.4. The first-order valence-electron chi connectivity index (χ1n) is 4.83. The molecule has 0 fully saturated rings. The molecule has 1 aromatic carbocycles. The summed E-state index contributed by atoms with van der Waals surface area (Å²) in [6, 6.07) is 7.59. The van der Waals surface area contributed by atoms with Gasteiger partial charge in [0.05, 0.1) is 5.56 Å². The standard InChI is InChI=1S/C11H9NO4S2/c12-18(15,16)11-9(5-6-17-11)7-1-3-8(4-2-7)10(13)14/h1-6H,(H,13,14)(H2,12,15,16). The third-order valence-corrected chi connectivity index (χ3v) is 4.76. The molecule has 0 unspecified atom stereocenters. The molecular weight excluding hydrogens is 274 g/mol. The number of aromatic carboxylic acids is 1. The van der Waals surface area contributed by atoms with E-state index in [9.17, 15) is 13.2 Å². The van der Waals surface area contributed by atoms with Crippen molar-refractivity contribution in [3.63, 3.8) is 0 Å². The molecule has 0 atom stereocenters. The van der Waals surface area contributed by atoms with E-state index in [1.54, 1.807) is 23.6 Å². The van der Waals surface area contributed by atoms with E-state index in [1.165, 1.54) is 12.1 Å². The van der Waals surface area contributed by atoms with Gasteiger partial charge in [0, 0.05) is 5.56 Å². The number of nitrogens with two attached hydrogens (primary N) is 1. The lowest BCUT2D eigenvalue weighted by molar-refractivity contribution is 0.0697. The summed E-state index contributed by atoms with van der Waals surface area (Å²) in [5.41, 5.74) is 1.25. The van der Waals surface area contributed by atoms with E-state index in [0.717, 1.165) is 11.3 Å². The molecule has 18 heavy (non-hydrogen) atoms. The molecule has 94 valence electrons. The summed E-state index contributed by atoms with van der Waals surface area (Å²) < 4.78 is 22.8. The van der Waals surface area contributed by atoms with Crippen molar-refractivity contribution >= 4 is 27.3 Å². The first-order chi connectivity index (χ1) is 8.39. The molecule has 7 heteroatoms. The Bertz CT molecular complexity index is 686. The first kappa shape index (κ1) is 12.7. The minimum absolute atomic E-state index is 0.0746. The topological polar surface area (TPSA) is 97.5 Å². The van der Waals surface area contributed by atoms with Gasteiger partial charge in [0.2, 0.25) is 10.0 Å². The summed E-state index contributed by atoms with van der Waals surface area (Å²) in [5, 5.41) is 15.5. The Morgan fingerprint density at radius 1 is 1.17 bits per heavy atom. The average Bonchev–Trinajstić information content (AvgIpc) is 2.77. The van der Waals surface area contributed by atoms with Gasteiger partial charge >= 0.3 is 5.97 Å². The van der Waals surface area contributed by atoms with Gasteiger partial charge in [-0.1, -0.05) is 12.1 Å². The quantitative estimate of drug-likeness (QED) is 0.896. The van der Waals surface area contributed by atoms with Gasteiger partial charge in [-0.3, -0.25) is 0 Å².